The molecule has 0 saturated carbocycles. The third-order valence-electron chi connectivity index (χ3n) is 8.09. The van der Waals surface area contributed by atoms with Crippen LogP contribution in [0.4, 0.5) is 0 Å². The molecule has 0 saturated heterocycles. The standard InChI is InChI=1S/C42H28N4/c1-3-11-28(4-2)40-44-41(31-12-6-5-7-13-31)46-42(45-40)32-21-18-29(19-22-32)33-23-20-30-15-10-17-38(39(30)26-33)35-24-34-14-8-9-16-37(34)36(25-35)27-43/h3-26H,1-2H2/b28-11+. The number of benzene rings is 6. The van der Waals surface area contributed by atoms with Crippen molar-refractivity contribution in [1.82, 2.24) is 15.0 Å². The van der Waals surface area contributed by atoms with Crippen molar-refractivity contribution in [3.05, 3.63) is 170 Å². The van der Waals surface area contributed by atoms with E-state index in [4.69, 9.17) is 15.0 Å². The number of hydrogen-bond acceptors (Lipinski definition) is 4. The smallest absolute Gasteiger partial charge is 0.164 e. The fraction of sp³-hybridized carbons (Fsp3) is 0. The minimum atomic E-state index is 0.540. The fourth-order valence-electron chi connectivity index (χ4n) is 5.79. The average Bonchev–Trinajstić information content (AvgIpc) is 3.13. The van der Waals surface area contributed by atoms with Crippen LogP contribution in [-0.4, -0.2) is 15.0 Å². The van der Waals surface area contributed by atoms with E-state index in [0.717, 1.165) is 60.5 Å². The summed E-state index contributed by atoms with van der Waals surface area (Å²) >= 11 is 0. The van der Waals surface area contributed by atoms with Crippen molar-refractivity contribution in [3.63, 3.8) is 0 Å². The second-order valence-electron chi connectivity index (χ2n) is 10.9. The highest BCUT2D eigenvalue weighted by atomic mass is 15.0. The van der Waals surface area contributed by atoms with Gasteiger partial charge in [0.1, 0.15) is 0 Å². The molecule has 7 aromatic rings. The van der Waals surface area contributed by atoms with Crippen molar-refractivity contribution in [3.8, 4) is 51.1 Å². The normalized spacial score (nSPS) is 11.3. The summed E-state index contributed by atoms with van der Waals surface area (Å²) < 4.78 is 0. The zero-order valence-electron chi connectivity index (χ0n) is 25.1. The van der Waals surface area contributed by atoms with Gasteiger partial charge in [-0.25, -0.2) is 15.0 Å². The molecule has 4 heteroatoms. The van der Waals surface area contributed by atoms with Gasteiger partial charge in [0.05, 0.1) is 11.6 Å². The Morgan fingerprint density at radius 3 is 1.98 bits per heavy atom. The van der Waals surface area contributed by atoms with Gasteiger partial charge in [-0.3, -0.25) is 0 Å². The van der Waals surface area contributed by atoms with E-state index in [0.29, 0.717) is 23.0 Å². The molecule has 0 bridgehead atoms. The Hall–Kier alpha value is -6.44. The predicted octanol–water partition coefficient (Wildman–Crippen LogP) is 10.5. The van der Waals surface area contributed by atoms with Crippen LogP contribution in [0.1, 0.15) is 11.4 Å². The first kappa shape index (κ1) is 28.3. The summed E-state index contributed by atoms with van der Waals surface area (Å²) in [6, 6.07) is 45.6. The van der Waals surface area contributed by atoms with E-state index < -0.39 is 0 Å². The van der Waals surface area contributed by atoms with E-state index >= 15 is 0 Å². The predicted molar refractivity (Wildman–Crippen MR) is 190 cm³/mol. The Morgan fingerprint density at radius 1 is 0.565 bits per heavy atom. The van der Waals surface area contributed by atoms with Crippen LogP contribution in [0.5, 0.6) is 0 Å². The highest BCUT2D eigenvalue weighted by Gasteiger charge is 2.14. The first-order valence-corrected chi connectivity index (χ1v) is 15.0. The SMILES string of the molecule is C=C/C=C(\C=C)c1nc(-c2ccccc2)nc(-c2ccc(-c3ccc4cccc(-c5cc(C#N)c6ccccc6c5)c4c3)cc2)n1. The highest BCUT2D eigenvalue weighted by molar-refractivity contribution is 6.02. The molecule has 0 spiro atoms. The number of rotatable bonds is 7. The van der Waals surface area contributed by atoms with E-state index in [1.807, 2.05) is 72.8 Å². The van der Waals surface area contributed by atoms with Gasteiger partial charge in [0.2, 0.25) is 0 Å². The number of nitrogens with zero attached hydrogens (tertiary/aromatic N) is 4. The molecule has 4 nitrogen and oxygen atoms in total. The van der Waals surface area contributed by atoms with Gasteiger partial charge in [-0.15, -0.1) is 0 Å². The second-order valence-corrected chi connectivity index (χ2v) is 10.9. The highest BCUT2D eigenvalue weighted by Crippen LogP contribution is 2.35. The van der Waals surface area contributed by atoms with Crippen LogP contribution in [0.2, 0.25) is 0 Å². The van der Waals surface area contributed by atoms with E-state index in [-0.39, 0.29) is 0 Å². The Labute approximate surface area is 268 Å². The van der Waals surface area contributed by atoms with Gasteiger partial charge < -0.3 is 0 Å². The first-order valence-electron chi connectivity index (χ1n) is 15.0. The van der Waals surface area contributed by atoms with E-state index in [1.165, 1.54) is 0 Å². The molecule has 0 atom stereocenters. The van der Waals surface area contributed by atoms with Gasteiger partial charge in [-0.1, -0.05) is 141 Å². The molecule has 0 radical (unpaired) electrons. The van der Waals surface area contributed by atoms with Gasteiger partial charge in [-0.05, 0) is 62.0 Å². The molecule has 1 heterocycles. The minimum Gasteiger partial charge on any atom is -0.208 e. The van der Waals surface area contributed by atoms with Crippen LogP contribution < -0.4 is 0 Å². The Bertz CT molecular complexity index is 2340. The van der Waals surface area contributed by atoms with Gasteiger partial charge >= 0.3 is 0 Å². The van der Waals surface area contributed by atoms with Crippen molar-refractivity contribution < 1.29 is 0 Å². The first-order chi connectivity index (χ1) is 22.6. The van der Waals surface area contributed by atoms with Crippen molar-refractivity contribution in [2.45, 2.75) is 0 Å². The second kappa shape index (κ2) is 12.3. The summed E-state index contributed by atoms with van der Waals surface area (Å²) in [7, 11) is 0. The molecular weight excluding hydrogens is 560 g/mol. The van der Waals surface area contributed by atoms with Crippen molar-refractivity contribution in [1.29, 1.82) is 5.26 Å². The van der Waals surface area contributed by atoms with Crippen LogP contribution >= 0.6 is 0 Å². The molecular formula is C42H28N4. The van der Waals surface area contributed by atoms with Gasteiger partial charge in [0.15, 0.2) is 17.5 Å². The van der Waals surface area contributed by atoms with Gasteiger partial charge in [0, 0.05) is 16.7 Å². The maximum atomic E-state index is 9.90. The maximum Gasteiger partial charge on any atom is 0.164 e. The largest absolute Gasteiger partial charge is 0.208 e. The van der Waals surface area contributed by atoms with E-state index in [9.17, 15) is 5.26 Å². The third-order valence-corrected chi connectivity index (χ3v) is 8.09. The van der Waals surface area contributed by atoms with Crippen LogP contribution in [0, 0.1) is 11.3 Å². The lowest BCUT2D eigenvalue weighted by Gasteiger charge is -2.12. The molecule has 0 unspecified atom stereocenters. The molecule has 0 amide bonds. The zero-order chi connectivity index (χ0) is 31.5. The number of allylic oxidation sites excluding steroid dienone is 4. The molecule has 46 heavy (non-hydrogen) atoms. The van der Waals surface area contributed by atoms with Crippen LogP contribution in [0.3, 0.4) is 0 Å². The van der Waals surface area contributed by atoms with Crippen LogP contribution in [-0.2, 0) is 0 Å². The molecule has 0 fully saturated rings. The zero-order valence-corrected chi connectivity index (χ0v) is 25.1. The monoisotopic (exact) mass is 588 g/mol. The Balaban J connectivity index is 1.29. The molecule has 0 aliphatic carbocycles. The van der Waals surface area contributed by atoms with Crippen molar-refractivity contribution in [2.24, 2.45) is 0 Å². The minimum absolute atomic E-state index is 0.540. The van der Waals surface area contributed by atoms with Gasteiger partial charge in [0.25, 0.3) is 0 Å². The molecule has 0 N–H and O–H groups in total. The van der Waals surface area contributed by atoms with E-state index in [1.54, 1.807) is 12.2 Å². The summed E-state index contributed by atoms with van der Waals surface area (Å²) in [6.07, 6.45) is 5.28. The fourth-order valence-corrected chi connectivity index (χ4v) is 5.79. The number of hydrogen-bond donors (Lipinski definition) is 0. The summed E-state index contributed by atoms with van der Waals surface area (Å²) in [5, 5.41) is 14.2. The van der Waals surface area contributed by atoms with Crippen LogP contribution in [0.25, 0.3) is 72.1 Å². The lowest BCUT2D eigenvalue weighted by molar-refractivity contribution is 1.04. The number of fused-ring (bicyclic) bond motifs is 2. The molecule has 1 aromatic heterocycles. The van der Waals surface area contributed by atoms with Crippen molar-refractivity contribution >= 4 is 27.1 Å². The number of nitriles is 1. The Kier molecular flexibility index (Phi) is 7.56. The summed E-state index contributed by atoms with van der Waals surface area (Å²) in [5.74, 6) is 1.72. The third kappa shape index (κ3) is 5.38. The molecule has 0 aliphatic heterocycles. The lowest BCUT2D eigenvalue weighted by atomic mass is 9.92. The molecule has 6 aromatic carbocycles. The van der Waals surface area contributed by atoms with Crippen molar-refractivity contribution in [2.75, 3.05) is 0 Å². The van der Waals surface area contributed by atoms with Gasteiger partial charge in [-0.2, -0.15) is 5.26 Å². The summed E-state index contributed by atoms with van der Waals surface area (Å²) in [6.45, 7) is 7.77. The maximum absolute atomic E-state index is 9.90. The lowest BCUT2D eigenvalue weighted by Crippen LogP contribution is -2.02. The quantitative estimate of drug-likeness (QED) is 0.174. The molecule has 7 rings (SSSR count). The summed E-state index contributed by atoms with van der Waals surface area (Å²) in [4.78, 5) is 14.4. The molecule has 0 aliphatic rings. The van der Waals surface area contributed by atoms with Crippen LogP contribution in [0.15, 0.2) is 159 Å². The Morgan fingerprint density at radius 2 is 1.24 bits per heavy atom. The topological polar surface area (TPSA) is 62.5 Å². The number of aromatic nitrogens is 3. The molecule has 216 valence electrons. The summed E-state index contributed by atoms with van der Waals surface area (Å²) in [5.41, 5.74) is 7.53. The van der Waals surface area contributed by atoms with E-state index in [2.05, 4.69) is 79.9 Å². The average molecular weight is 589 g/mol.